The molecule has 0 aromatic carbocycles. The highest BCUT2D eigenvalue weighted by Crippen LogP contribution is 2.37. The van der Waals surface area contributed by atoms with Crippen LogP contribution < -0.4 is 0 Å². The minimum atomic E-state index is -0.612. The molecule has 4 unspecified atom stereocenters. The lowest BCUT2D eigenvalue weighted by Gasteiger charge is -2.43. The Hall–Kier alpha value is -0.610. The van der Waals surface area contributed by atoms with Crippen molar-refractivity contribution >= 4 is 5.91 Å². The predicted octanol–water partition coefficient (Wildman–Crippen LogP) is 2.10. The standard InChI is InChI=1S/C16H27NO3/c1-16(9-5-11-20-16)15(19)17-10-3-2-7-13(17)12-6-4-8-14(12)18/h12-14,18H,2-11H2,1H3. The molecule has 0 radical (unpaired) electrons. The smallest absolute Gasteiger partial charge is 0.254 e. The van der Waals surface area contributed by atoms with Crippen molar-refractivity contribution in [3.05, 3.63) is 0 Å². The highest BCUT2D eigenvalue weighted by atomic mass is 16.5. The number of piperidine rings is 1. The molecule has 0 spiro atoms. The van der Waals surface area contributed by atoms with E-state index in [0.717, 1.165) is 51.5 Å². The first kappa shape index (κ1) is 14.3. The average Bonchev–Trinajstić information content (AvgIpc) is 3.08. The Kier molecular flexibility index (Phi) is 4.04. The lowest BCUT2D eigenvalue weighted by molar-refractivity contribution is -0.157. The molecule has 1 amide bonds. The maximum Gasteiger partial charge on any atom is 0.254 e. The first-order valence-electron chi connectivity index (χ1n) is 8.25. The third kappa shape index (κ3) is 2.48. The quantitative estimate of drug-likeness (QED) is 0.843. The predicted molar refractivity (Wildman–Crippen MR) is 76.3 cm³/mol. The van der Waals surface area contributed by atoms with Gasteiger partial charge < -0.3 is 14.7 Å². The molecule has 0 aromatic rings. The molecular formula is C16H27NO3. The van der Waals surface area contributed by atoms with E-state index < -0.39 is 5.60 Å². The van der Waals surface area contributed by atoms with Crippen LogP contribution >= 0.6 is 0 Å². The van der Waals surface area contributed by atoms with Crippen LogP contribution in [0.4, 0.5) is 0 Å². The van der Waals surface area contributed by atoms with Crippen molar-refractivity contribution in [1.29, 1.82) is 0 Å². The van der Waals surface area contributed by atoms with Crippen LogP contribution in [-0.2, 0) is 9.53 Å². The molecule has 114 valence electrons. The largest absolute Gasteiger partial charge is 0.393 e. The van der Waals surface area contributed by atoms with Gasteiger partial charge in [-0.25, -0.2) is 0 Å². The summed E-state index contributed by atoms with van der Waals surface area (Å²) in [6.07, 6.45) is 7.96. The second-order valence-electron chi connectivity index (χ2n) is 6.91. The number of likely N-dealkylation sites (tertiary alicyclic amines) is 1. The number of carbonyl (C=O) groups is 1. The summed E-state index contributed by atoms with van der Waals surface area (Å²) >= 11 is 0. The van der Waals surface area contributed by atoms with Gasteiger partial charge in [0.2, 0.25) is 0 Å². The van der Waals surface area contributed by atoms with E-state index in [1.165, 1.54) is 6.42 Å². The Bertz CT molecular complexity index is 365. The molecule has 4 atom stereocenters. The van der Waals surface area contributed by atoms with Gasteiger partial charge in [0, 0.05) is 25.1 Å². The van der Waals surface area contributed by atoms with E-state index in [2.05, 4.69) is 0 Å². The normalized spacial score (nSPS) is 42.1. The van der Waals surface area contributed by atoms with Gasteiger partial charge in [-0.05, 0) is 51.9 Å². The number of hydrogen-bond donors (Lipinski definition) is 1. The van der Waals surface area contributed by atoms with Gasteiger partial charge in [-0.15, -0.1) is 0 Å². The summed E-state index contributed by atoms with van der Waals surface area (Å²) in [6.45, 7) is 3.48. The fourth-order valence-corrected chi connectivity index (χ4v) is 4.32. The van der Waals surface area contributed by atoms with Crippen LogP contribution in [0.5, 0.6) is 0 Å². The van der Waals surface area contributed by atoms with Crippen LogP contribution in [0.2, 0.25) is 0 Å². The molecule has 20 heavy (non-hydrogen) atoms. The number of rotatable bonds is 2. The monoisotopic (exact) mass is 281 g/mol. The molecular weight excluding hydrogens is 254 g/mol. The molecule has 1 aliphatic carbocycles. The van der Waals surface area contributed by atoms with E-state index in [1.54, 1.807) is 0 Å². The van der Waals surface area contributed by atoms with Gasteiger partial charge in [0.25, 0.3) is 5.91 Å². The zero-order valence-electron chi connectivity index (χ0n) is 12.5. The maximum atomic E-state index is 12.9. The zero-order valence-corrected chi connectivity index (χ0v) is 12.5. The molecule has 4 heteroatoms. The molecule has 4 nitrogen and oxygen atoms in total. The number of aliphatic hydroxyl groups excluding tert-OH is 1. The van der Waals surface area contributed by atoms with Crippen LogP contribution in [0, 0.1) is 5.92 Å². The van der Waals surface area contributed by atoms with Gasteiger partial charge in [0.1, 0.15) is 5.60 Å². The Morgan fingerprint density at radius 1 is 1.20 bits per heavy atom. The Morgan fingerprint density at radius 2 is 2.05 bits per heavy atom. The average molecular weight is 281 g/mol. The van der Waals surface area contributed by atoms with Gasteiger partial charge in [0.15, 0.2) is 0 Å². The third-order valence-corrected chi connectivity index (χ3v) is 5.51. The molecule has 2 aliphatic heterocycles. The number of hydrogen-bond acceptors (Lipinski definition) is 3. The second kappa shape index (κ2) is 5.64. The zero-order chi connectivity index (χ0) is 14.2. The van der Waals surface area contributed by atoms with Gasteiger partial charge in [-0.1, -0.05) is 6.42 Å². The summed E-state index contributed by atoms with van der Waals surface area (Å²) in [4.78, 5) is 15.0. The second-order valence-corrected chi connectivity index (χ2v) is 6.91. The van der Waals surface area contributed by atoms with Crippen LogP contribution in [0.25, 0.3) is 0 Å². The van der Waals surface area contributed by atoms with Crippen molar-refractivity contribution in [2.45, 2.75) is 76.0 Å². The summed E-state index contributed by atoms with van der Waals surface area (Å²) in [7, 11) is 0. The molecule has 0 bridgehead atoms. The maximum absolute atomic E-state index is 12.9. The van der Waals surface area contributed by atoms with Crippen LogP contribution in [0.3, 0.4) is 0 Å². The van der Waals surface area contributed by atoms with Crippen LogP contribution in [0.1, 0.15) is 58.3 Å². The SMILES string of the molecule is CC1(C(=O)N2CCCCC2C2CCCC2O)CCCO1. The van der Waals surface area contributed by atoms with Crippen molar-refractivity contribution in [3.63, 3.8) is 0 Å². The molecule has 0 aromatic heterocycles. The van der Waals surface area contributed by atoms with E-state index in [-0.39, 0.29) is 24.0 Å². The van der Waals surface area contributed by atoms with E-state index in [1.807, 2.05) is 11.8 Å². The first-order chi connectivity index (χ1) is 9.62. The lowest BCUT2D eigenvalue weighted by Crippen LogP contribution is -2.55. The highest BCUT2D eigenvalue weighted by Gasteiger charge is 2.46. The molecule has 3 fully saturated rings. The number of amides is 1. The van der Waals surface area contributed by atoms with Gasteiger partial charge >= 0.3 is 0 Å². The van der Waals surface area contributed by atoms with Crippen LogP contribution in [0.15, 0.2) is 0 Å². The van der Waals surface area contributed by atoms with E-state index >= 15 is 0 Å². The minimum absolute atomic E-state index is 0.166. The summed E-state index contributed by atoms with van der Waals surface area (Å²) in [6, 6.07) is 0.231. The molecule has 2 saturated heterocycles. The van der Waals surface area contributed by atoms with E-state index in [0.29, 0.717) is 6.61 Å². The Balaban J connectivity index is 1.76. The van der Waals surface area contributed by atoms with Crippen molar-refractivity contribution in [2.75, 3.05) is 13.2 Å². The molecule has 1 saturated carbocycles. The third-order valence-electron chi connectivity index (χ3n) is 5.51. The van der Waals surface area contributed by atoms with Crippen molar-refractivity contribution < 1.29 is 14.6 Å². The van der Waals surface area contributed by atoms with Crippen LogP contribution in [-0.4, -0.2) is 46.8 Å². The van der Waals surface area contributed by atoms with E-state index in [4.69, 9.17) is 4.74 Å². The molecule has 3 aliphatic rings. The summed E-state index contributed by atoms with van der Waals surface area (Å²) < 4.78 is 5.74. The number of aliphatic hydroxyl groups is 1. The Morgan fingerprint density at radius 3 is 2.70 bits per heavy atom. The van der Waals surface area contributed by atoms with Crippen molar-refractivity contribution in [1.82, 2.24) is 4.90 Å². The summed E-state index contributed by atoms with van der Waals surface area (Å²) in [5.74, 6) is 0.447. The van der Waals surface area contributed by atoms with Gasteiger partial charge in [0.05, 0.1) is 6.10 Å². The fraction of sp³-hybridized carbons (Fsp3) is 0.938. The van der Waals surface area contributed by atoms with Gasteiger partial charge in [-0.3, -0.25) is 4.79 Å². The number of ether oxygens (including phenoxy) is 1. The van der Waals surface area contributed by atoms with Crippen molar-refractivity contribution in [3.8, 4) is 0 Å². The first-order valence-corrected chi connectivity index (χ1v) is 8.25. The topological polar surface area (TPSA) is 49.8 Å². The molecule has 2 heterocycles. The van der Waals surface area contributed by atoms with E-state index in [9.17, 15) is 9.90 Å². The highest BCUT2D eigenvalue weighted by molar-refractivity contribution is 5.85. The van der Waals surface area contributed by atoms with Crippen molar-refractivity contribution in [2.24, 2.45) is 5.92 Å². The lowest BCUT2D eigenvalue weighted by atomic mass is 9.86. The summed E-state index contributed by atoms with van der Waals surface area (Å²) in [5.41, 5.74) is -0.612. The fourth-order valence-electron chi connectivity index (χ4n) is 4.32. The molecule has 3 rings (SSSR count). The number of carbonyl (C=O) groups excluding carboxylic acids is 1. The Labute approximate surface area is 121 Å². The number of nitrogens with zero attached hydrogens (tertiary/aromatic N) is 1. The molecule has 1 N–H and O–H groups in total. The minimum Gasteiger partial charge on any atom is -0.393 e. The summed E-state index contributed by atoms with van der Waals surface area (Å²) in [5, 5.41) is 10.2. The van der Waals surface area contributed by atoms with Gasteiger partial charge in [-0.2, -0.15) is 0 Å².